The highest BCUT2D eigenvalue weighted by atomic mass is 32.2. The van der Waals surface area contributed by atoms with E-state index in [4.69, 9.17) is 4.74 Å². The Morgan fingerprint density at radius 2 is 1.64 bits per heavy atom. The molecule has 1 saturated heterocycles. The minimum atomic E-state index is -4.55. The average molecular weight is 768 g/mol. The average Bonchev–Trinajstić information content (AvgIpc) is 3.46. The predicted octanol–water partition coefficient (Wildman–Crippen LogP) is 9.07. The fourth-order valence-corrected chi connectivity index (χ4v) is 5.52. The van der Waals surface area contributed by atoms with Crippen LogP contribution in [-0.2, 0) is 22.3 Å². The fraction of sp³-hybridized carbons (Fsp3) is 0.306. The number of aryl methyl sites for hydroxylation is 1. The number of benzene rings is 3. The van der Waals surface area contributed by atoms with E-state index >= 15 is 4.39 Å². The molecule has 1 fully saturated rings. The van der Waals surface area contributed by atoms with Crippen LogP contribution in [0.4, 0.5) is 46.9 Å². The molecule has 0 atom stereocenters. The van der Waals surface area contributed by atoms with Crippen molar-refractivity contribution >= 4 is 51.9 Å². The largest absolute Gasteiger partial charge is 0.416 e. The predicted molar refractivity (Wildman–Crippen MR) is 191 cm³/mol. The third-order valence-corrected chi connectivity index (χ3v) is 8.08. The Hall–Kier alpha value is -5.03. The van der Waals surface area contributed by atoms with E-state index in [0.717, 1.165) is 47.0 Å². The van der Waals surface area contributed by atoms with Gasteiger partial charge in [0.1, 0.15) is 12.4 Å². The third-order valence-electron chi connectivity index (χ3n) is 7.16. The summed E-state index contributed by atoms with van der Waals surface area (Å²) in [5, 5.41) is 4.85. The number of nitrogens with zero attached hydrogens (tertiary/aromatic N) is 3. The van der Waals surface area contributed by atoms with Crippen molar-refractivity contribution in [3.8, 4) is 0 Å². The number of alkyl halides is 6. The number of hydrogen-bond acceptors (Lipinski definition) is 6. The Labute approximate surface area is 305 Å². The number of rotatable bonds is 10. The summed E-state index contributed by atoms with van der Waals surface area (Å²) < 4.78 is 96.6. The van der Waals surface area contributed by atoms with Crippen LogP contribution in [0.15, 0.2) is 82.4 Å². The van der Waals surface area contributed by atoms with Crippen molar-refractivity contribution in [3.05, 3.63) is 106 Å². The van der Waals surface area contributed by atoms with Crippen LogP contribution in [0.5, 0.6) is 0 Å². The minimum absolute atomic E-state index is 0.00943. The lowest BCUT2D eigenvalue weighted by Crippen LogP contribution is -2.31. The van der Waals surface area contributed by atoms with Crippen LogP contribution in [0.1, 0.15) is 59.8 Å². The van der Waals surface area contributed by atoms with Crippen LogP contribution in [0.2, 0.25) is 0 Å². The number of amidine groups is 1. The van der Waals surface area contributed by atoms with Gasteiger partial charge in [-0.15, -0.1) is 0 Å². The Bertz CT molecular complexity index is 1890. The lowest BCUT2D eigenvalue weighted by Gasteiger charge is -2.21. The molecular formula is C36H36F7N5O4S. The summed E-state index contributed by atoms with van der Waals surface area (Å²) in [6.45, 7) is 5.46. The van der Waals surface area contributed by atoms with Gasteiger partial charge < -0.3 is 15.4 Å². The van der Waals surface area contributed by atoms with Gasteiger partial charge >= 0.3 is 18.4 Å². The highest BCUT2D eigenvalue weighted by Crippen LogP contribution is 2.32. The molecular weight excluding hydrogens is 731 g/mol. The summed E-state index contributed by atoms with van der Waals surface area (Å²) in [5.74, 6) is -2.13. The summed E-state index contributed by atoms with van der Waals surface area (Å²) in [4.78, 5) is 47.5. The second-order valence-electron chi connectivity index (χ2n) is 10.9. The second-order valence-corrected chi connectivity index (χ2v) is 11.9. The van der Waals surface area contributed by atoms with Crippen molar-refractivity contribution in [2.24, 2.45) is 9.98 Å². The first-order valence-corrected chi connectivity index (χ1v) is 17.0. The molecule has 3 aromatic carbocycles. The maximum absolute atomic E-state index is 15.2. The van der Waals surface area contributed by atoms with Crippen molar-refractivity contribution in [3.63, 3.8) is 0 Å². The first kappa shape index (κ1) is 42.4. The van der Waals surface area contributed by atoms with Crippen LogP contribution in [0, 0.1) is 12.7 Å². The zero-order valence-electron chi connectivity index (χ0n) is 29.2. The highest BCUT2D eigenvalue weighted by Gasteiger charge is 2.33. The molecule has 9 nitrogen and oxygen atoms in total. The molecule has 17 heteroatoms. The van der Waals surface area contributed by atoms with Gasteiger partial charge in [-0.05, 0) is 67.4 Å². The molecule has 284 valence electrons. The fourth-order valence-electron chi connectivity index (χ4n) is 4.67. The SMILES string of the molecule is CC.CC/C(=C\C(=NC)c1ccc(NC(=O)/N=C2\SCC(=O)N2c2cc(C)ccc2COCC(F)(F)F)c(F)c1)NC(=O)c1ccc(C(F)(F)F)cc1. The molecule has 0 saturated carbocycles. The summed E-state index contributed by atoms with van der Waals surface area (Å²) in [6.07, 6.45) is -7.36. The number of carbonyl (C=O) groups is 3. The Morgan fingerprint density at radius 3 is 2.23 bits per heavy atom. The van der Waals surface area contributed by atoms with E-state index in [9.17, 15) is 40.7 Å². The van der Waals surface area contributed by atoms with Gasteiger partial charge in [-0.3, -0.25) is 19.5 Å². The third kappa shape index (κ3) is 12.0. The van der Waals surface area contributed by atoms with Crippen LogP contribution in [-0.4, -0.2) is 54.3 Å². The van der Waals surface area contributed by atoms with Crippen molar-refractivity contribution in [2.45, 2.75) is 53.1 Å². The van der Waals surface area contributed by atoms with E-state index in [1.807, 2.05) is 13.8 Å². The monoisotopic (exact) mass is 767 g/mol. The number of hydrogen-bond donors (Lipinski definition) is 2. The lowest BCUT2D eigenvalue weighted by molar-refractivity contribution is -0.176. The number of nitrogens with one attached hydrogen (secondary N) is 2. The van der Waals surface area contributed by atoms with Gasteiger partial charge in [0.05, 0.1) is 35.0 Å². The number of urea groups is 1. The van der Waals surface area contributed by atoms with Crippen molar-refractivity contribution in [2.75, 3.05) is 29.6 Å². The summed E-state index contributed by atoms with van der Waals surface area (Å²) in [6, 6.07) is 11.1. The van der Waals surface area contributed by atoms with Crippen molar-refractivity contribution in [1.82, 2.24) is 5.32 Å². The number of allylic oxidation sites excluding steroid dienone is 2. The number of thioether (sulfide) groups is 1. The molecule has 0 bridgehead atoms. The zero-order valence-corrected chi connectivity index (χ0v) is 30.0. The molecule has 1 heterocycles. The number of aliphatic imine (C=N–C) groups is 2. The molecule has 3 aromatic rings. The first-order chi connectivity index (χ1) is 25.0. The van der Waals surface area contributed by atoms with Gasteiger partial charge in [0.2, 0.25) is 5.91 Å². The molecule has 1 aliphatic heterocycles. The van der Waals surface area contributed by atoms with E-state index in [-0.39, 0.29) is 51.1 Å². The van der Waals surface area contributed by atoms with Crippen LogP contribution < -0.4 is 15.5 Å². The van der Waals surface area contributed by atoms with Gasteiger partial charge in [-0.1, -0.05) is 50.7 Å². The molecule has 53 heavy (non-hydrogen) atoms. The maximum atomic E-state index is 15.2. The Balaban J connectivity index is 0.00000372. The molecule has 0 spiro atoms. The first-order valence-electron chi connectivity index (χ1n) is 16.0. The summed E-state index contributed by atoms with van der Waals surface area (Å²) >= 11 is 0.914. The molecule has 4 amide bonds. The van der Waals surface area contributed by atoms with Gasteiger partial charge in [-0.2, -0.15) is 31.3 Å². The highest BCUT2D eigenvalue weighted by molar-refractivity contribution is 8.15. The standard InChI is InChI=1S/C34H30F7N5O4S.C2H6/c1-4-24(43-30(48)20-7-10-23(11-8-20)34(39,40)41)15-27(42-3)21-9-12-26(25(35)14-21)44-31(49)45-32-46(29(47)17-51-32)28-13-19(2)5-6-22(28)16-50-18-33(36,37)38;1-2/h5-15H,4,16-18H2,1-3H3,(H,43,48)(H,44,49);1-2H3/b24-15+,42-27?,45-32-;. The van der Waals surface area contributed by atoms with Crippen LogP contribution >= 0.6 is 11.8 Å². The summed E-state index contributed by atoms with van der Waals surface area (Å²) in [7, 11) is 1.43. The summed E-state index contributed by atoms with van der Waals surface area (Å²) in [5.41, 5.74) is 0.782. The number of amides is 4. The smallest absolute Gasteiger partial charge is 0.367 e. The van der Waals surface area contributed by atoms with E-state index in [2.05, 4.69) is 20.6 Å². The maximum Gasteiger partial charge on any atom is 0.416 e. The van der Waals surface area contributed by atoms with E-state index in [0.29, 0.717) is 11.3 Å². The minimum Gasteiger partial charge on any atom is -0.367 e. The van der Waals surface area contributed by atoms with Crippen molar-refractivity contribution < 1.29 is 49.9 Å². The number of carbonyl (C=O) groups excluding carboxylic acids is 3. The normalized spacial score (nSPS) is 14.6. The van der Waals surface area contributed by atoms with Gasteiger partial charge in [-0.25, -0.2) is 9.18 Å². The van der Waals surface area contributed by atoms with Gasteiger partial charge in [0.25, 0.3) is 5.91 Å². The number of halogens is 7. The number of ether oxygens (including phenoxy) is 1. The zero-order chi connectivity index (χ0) is 39.5. The molecule has 1 aliphatic rings. The second kappa shape index (κ2) is 18.6. The Kier molecular flexibility index (Phi) is 14.9. The molecule has 0 unspecified atom stereocenters. The molecule has 0 aliphatic carbocycles. The molecule has 0 radical (unpaired) electrons. The van der Waals surface area contributed by atoms with Gasteiger partial charge in [0.15, 0.2) is 5.17 Å². The quantitative estimate of drug-likeness (QED) is 0.158. The van der Waals surface area contributed by atoms with E-state index in [1.54, 1.807) is 26.0 Å². The lowest BCUT2D eigenvalue weighted by atomic mass is 10.1. The number of anilines is 2. The molecule has 2 N–H and O–H groups in total. The van der Waals surface area contributed by atoms with E-state index < -0.39 is 54.8 Å². The molecule has 4 rings (SSSR count). The van der Waals surface area contributed by atoms with E-state index in [1.165, 1.54) is 31.3 Å². The van der Waals surface area contributed by atoms with Crippen LogP contribution in [0.3, 0.4) is 0 Å². The molecule has 0 aromatic heterocycles. The van der Waals surface area contributed by atoms with Crippen LogP contribution in [0.25, 0.3) is 0 Å². The van der Waals surface area contributed by atoms with Gasteiger partial charge in [0, 0.05) is 29.4 Å². The Morgan fingerprint density at radius 1 is 0.981 bits per heavy atom. The topological polar surface area (TPSA) is 112 Å². The van der Waals surface area contributed by atoms with Crippen molar-refractivity contribution in [1.29, 1.82) is 0 Å².